The number of benzene rings is 2. The van der Waals surface area contributed by atoms with E-state index in [0.717, 1.165) is 6.26 Å². The van der Waals surface area contributed by atoms with Gasteiger partial charge in [0, 0.05) is 36.1 Å². The summed E-state index contributed by atoms with van der Waals surface area (Å²) in [6.45, 7) is 2.15. The molecule has 0 radical (unpaired) electrons. The highest BCUT2D eigenvalue weighted by molar-refractivity contribution is 7.99. The first-order valence-electron chi connectivity index (χ1n) is 10.9. The number of nitrogens with zero attached hydrogens (tertiary/aromatic N) is 1. The number of carbonyl (C=O) groups is 2. The molecule has 0 aliphatic heterocycles. The molecule has 37 heavy (non-hydrogen) atoms. The van der Waals surface area contributed by atoms with Crippen LogP contribution >= 0.6 is 23.1 Å². The second-order valence-corrected chi connectivity index (χ2v) is 11.8. The molecule has 3 aromatic rings. The number of ether oxygens (including phenoxy) is 3. The Bertz CT molecular complexity index is 1340. The highest BCUT2D eigenvalue weighted by atomic mass is 32.2. The molecule has 1 heterocycles. The SMILES string of the molecule is COC[C@H](C)Oc1cc(Oc2ccc(S(C)(=O)=O)cc2)cc(C(=O)Nc2nc(CSCC(=O)O)cs2)c1. The number of methoxy groups -OCH3 is 1. The molecule has 10 nitrogen and oxygen atoms in total. The van der Waals surface area contributed by atoms with Crippen molar-refractivity contribution in [3.05, 3.63) is 59.1 Å². The molecule has 1 aromatic heterocycles. The zero-order valence-electron chi connectivity index (χ0n) is 20.3. The molecule has 2 N–H and O–H groups in total. The Hall–Kier alpha value is -3.13. The van der Waals surface area contributed by atoms with E-state index < -0.39 is 21.7 Å². The fourth-order valence-electron chi connectivity index (χ4n) is 3.06. The number of aliphatic carboxylic acids is 1. The summed E-state index contributed by atoms with van der Waals surface area (Å²) in [7, 11) is -1.79. The molecule has 1 atom stereocenters. The van der Waals surface area contributed by atoms with Gasteiger partial charge in [-0.05, 0) is 43.3 Å². The Kier molecular flexibility index (Phi) is 9.92. The van der Waals surface area contributed by atoms with Crippen molar-refractivity contribution in [2.75, 3.05) is 31.0 Å². The third-order valence-corrected chi connectivity index (χ3v) is 7.50. The van der Waals surface area contributed by atoms with E-state index in [2.05, 4.69) is 10.3 Å². The van der Waals surface area contributed by atoms with E-state index in [1.807, 2.05) is 6.92 Å². The van der Waals surface area contributed by atoms with Gasteiger partial charge in [0.2, 0.25) is 0 Å². The standard InChI is InChI=1S/C24H26N2O8S3/c1-15(11-32-2)33-19-8-16(23(29)26-24-25-17(13-36-24)12-35-14-22(27)28)9-20(10-19)34-18-4-6-21(7-5-18)37(3,30)31/h4-10,13,15H,11-12,14H2,1-3H3,(H,27,28)(H,25,26,29)/t15-/m0/s1. The van der Waals surface area contributed by atoms with Crippen LogP contribution in [0.3, 0.4) is 0 Å². The lowest BCUT2D eigenvalue weighted by atomic mass is 10.2. The van der Waals surface area contributed by atoms with Crippen LogP contribution < -0.4 is 14.8 Å². The van der Waals surface area contributed by atoms with Crippen LogP contribution in [0.1, 0.15) is 23.0 Å². The minimum absolute atomic E-state index is 0.0345. The number of hydrogen-bond donors (Lipinski definition) is 2. The third kappa shape index (κ3) is 9.04. The number of thiazole rings is 1. The average Bonchev–Trinajstić information content (AvgIpc) is 3.25. The van der Waals surface area contributed by atoms with E-state index in [-0.39, 0.29) is 22.3 Å². The summed E-state index contributed by atoms with van der Waals surface area (Å²) in [4.78, 5) is 28.2. The summed E-state index contributed by atoms with van der Waals surface area (Å²) in [5.41, 5.74) is 0.917. The van der Waals surface area contributed by atoms with Gasteiger partial charge in [-0.15, -0.1) is 23.1 Å². The summed E-state index contributed by atoms with van der Waals surface area (Å²) in [5, 5.41) is 13.6. The summed E-state index contributed by atoms with van der Waals surface area (Å²) >= 11 is 2.45. The summed E-state index contributed by atoms with van der Waals surface area (Å²) in [5.74, 6) is 0.0996. The largest absolute Gasteiger partial charge is 0.488 e. The Morgan fingerprint density at radius 2 is 1.84 bits per heavy atom. The lowest BCUT2D eigenvalue weighted by Crippen LogP contribution is -2.18. The maximum Gasteiger partial charge on any atom is 0.313 e. The number of carbonyl (C=O) groups excluding carboxylic acids is 1. The van der Waals surface area contributed by atoms with Gasteiger partial charge in [-0.1, -0.05) is 0 Å². The van der Waals surface area contributed by atoms with E-state index in [0.29, 0.717) is 40.4 Å². The number of amides is 1. The fraction of sp³-hybridized carbons (Fsp3) is 0.292. The Balaban J connectivity index is 1.79. The second-order valence-electron chi connectivity index (χ2n) is 7.91. The van der Waals surface area contributed by atoms with Gasteiger partial charge in [-0.2, -0.15) is 0 Å². The molecule has 0 saturated carbocycles. The van der Waals surface area contributed by atoms with E-state index in [1.165, 1.54) is 53.4 Å². The summed E-state index contributed by atoms with van der Waals surface area (Å²) < 4.78 is 40.3. The van der Waals surface area contributed by atoms with Gasteiger partial charge in [0.15, 0.2) is 15.0 Å². The van der Waals surface area contributed by atoms with Gasteiger partial charge in [0.05, 0.1) is 22.9 Å². The summed E-state index contributed by atoms with van der Waals surface area (Å²) in [6.07, 6.45) is 0.825. The van der Waals surface area contributed by atoms with Crippen LogP contribution in [0.2, 0.25) is 0 Å². The molecule has 0 saturated heterocycles. The number of carboxylic acids is 1. The topological polar surface area (TPSA) is 141 Å². The van der Waals surface area contributed by atoms with Gasteiger partial charge in [-0.3, -0.25) is 14.9 Å². The summed E-state index contributed by atoms with van der Waals surface area (Å²) in [6, 6.07) is 10.6. The zero-order valence-corrected chi connectivity index (χ0v) is 22.7. The van der Waals surface area contributed by atoms with Crippen molar-refractivity contribution in [1.29, 1.82) is 0 Å². The van der Waals surface area contributed by atoms with Crippen LogP contribution in [0.15, 0.2) is 52.7 Å². The molecule has 2 aromatic carbocycles. The van der Waals surface area contributed by atoms with E-state index >= 15 is 0 Å². The molecule has 13 heteroatoms. The monoisotopic (exact) mass is 566 g/mol. The van der Waals surface area contributed by atoms with Gasteiger partial charge in [0.1, 0.15) is 23.4 Å². The van der Waals surface area contributed by atoms with Gasteiger partial charge < -0.3 is 19.3 Å². The molecule has 0 spiro atoms. The number of anilines is 1. The molecule has 0 unspecified atom stereocenters. The normalized spacial score (nSPS) is 12.1. The van der Waals surface area contributed by atoms with Gasteiger partial charge in [-0.25, -0.2) is 13.4 Å². The van der Waals surface area contributed by atoms with Gasteiger partial charge >= 0.3 is 5.97 Å². The average molecular weight is 567 g/mol. The van der Waals surface area contributed by atoms with Crippen molar-refractivity contribution in [3.63, 3.8) is 0 Å². The Morgan fingerprint density at radius 3 is 2.49 bits per heavy atom. The van der Waals surface area contributed by atoms with Crippen molar-refractivity contribution in [3.8, 4) is 17.2 Å². The van der Waals surface area contributed by atoms with Crippen molar-refractivity contribution >= 4 is 49.9 Å². The number of nitrogens with one attached hydrogen (secondary N) is 1. The van der Waals surface area contributed by atoms with Crippen molar-refractivity contribution in [2.24, 2.45) is 0 Å². The van der Waals surface area contributed by atoms with Crippen LogP contribution in [-0.2, 0) is 25.1 Å². The van der Waals surface area contributed by atoms with Crippen molar-refractivity contribution < 1.29 is 37.3 Å². The van der Waals surface area contributed by atoms with E-state index in [1.54, 1.807) is 24.6 Å². The second kappa shape index (κ2) is 12.9. The Labute approximate surface area is 222 Å². The number of rotatable bonds is 13. The van der Waals surface area contributed by atoms with Gasteiger partial charge in [0.25, 0.3) is 5.91 Å². The predicted octanol–water partition coefficient (Wildman–Crippen LogP) is 4.32. The highest BCUT2D eigenvalue weighted by Crippen LogP contribution is 2.30. The first-order valence-corrected chi connectivity index (χ1v) is 14.8. The third-order valence-electron chi connectivity index (χ3n) is 4.62. The minimum atomic E-state index is -3.35. The number of carboxylic acid groups (broad SMARTS) is 1. The molecule has 0 fully saturated rings. The first kappa shape index (κ1) is 28.4. The molecule has 3 rings (SSSR count). The van der Waals surface area contributed by atoms with Crippen molar-refractivity contribution in [1.82, 2.24) is 4.98 Å². The van der Waals surface area contributed by atoms with Crippen LogP contribution in [0.25, 0.3) is 0 Å². The zero-order chi connectivity index (χ0) is 27.0. The number of thioether (sulfide) groups is 1. The molecule has 1 amide bonds. The van der Waals surface area contributed by atoms with Crippen LogP contribution in [-0.4, -0.2) is 62.2 Å². The minimum Gasteiger partial charge on any atom is -0.488 e. The maximum atomic E-state index is 13.0. The van der Waals surface area contributed by atoms with Crippen LogP contribution in [0.4, 0.5) is 5.13 Å². The Morgan fingerprint density at radius 1 is 1.14 bits per heavy atom. The molecule has 0 aliphatic rings. The van der Waals surface area contributed by atoms with Crippen molar-refractivity contribution in [2.45, 2.75) is 23.7 Å². The van der Waals surface area contributed by atoms with E-state index in [4.69, 9.17) is 19.3 Å². The molecule has 198 valence electrons. The number of hydrogen-bond acceptors (Lipinski definition) is 10. The number of aromatic nitrogens is 1. The van der Waals surface area contributed by atoms with Crippen LogP contribution in [0.5, 0.6) is 17.2 Å². The quantitative estimate of drug-likeness (QED) is 0.307. The molecule has 0 bridgehead atoms. The number of sulfone groups is 1. The first-order chi connectivity index (χ1) is 17.5. The van der Waals surface area contributed by atoms with E-state index in [9.17, 15) is 18.0 Å². The lowest BCUT2D eigenvalue weighted by Gasteiger charge is -2.16. The predicted molar refractivity (Wildman–Crippen MR) is 142 cm³/mol. The lowest BCUT2D eigenvalue weighted by molar-refractivity contribution is -0.133. The fourth-order valence-corrected chi connectivity index (χ4v) is 5.14. The molecular weight excluding hydrogens is 540 g/mol. The van der Waals surface area contributed by atoms with Crippen LogP contribution in [0, 0.1) is 0 Å². The highest BCUT2D eigenvalue weighted by Gasteiger charge is 2.15. The molecule has 0 aliphatic carbocycles. The maximum absolute atomic E-state index is 13.0. The molecular formula is C24H26N2O8S3. The smallest absolute Gasteiger partial charge is 0.313 e.